The van der Waals surface area contributed by atoms with E-state index in [0.29, 0.717) is 0 Å². The van der Waals surface area contributed by atoms with Crippen LogP contribution in [0.2, 0.25) is 0 Å². The van der Waals surface area contributed by atoms with Crippen molar-refractivity contribution in [1.29, 1.82) is 0 Å². The van der Waals surface area contributed by atoms with Crippen LogP contribution in [0.5, 0.6) is 5.75 Å². The zero-order valence-corrected chi connectivity index (χ0v) is 12.7. The Morgan fingerprint density at radius 1 is 1.19 bits per heavy atom. The summed E-state index contributed by atoms with van der Waals surface area (Å²) in [6.45, 7) is 3.99. The van der Waals surface area contributed by atoms with E-state index in [0.717, 1.165) is 29.0 Å². The predicted molar refractivity (Wildman–Crippen MR) is 85.8 cm³/mol. The molecule has 0 aliphatic carbocycles. The fourth-order valence-corrected chi connectivity index (χ4v) is 2.38. The first-order valence-electron chi connectivity index (χ1n) is 7.16. The van der Waals surface area contributed by atoms with Gasteiger partial charge >= 0.3 is 0 Å². The minimum atomic E-state index is -0.132. The lowest BCUT2D eigenvalue weighted by Gasteiger charge is -2.17. The van der Waals surface area contributed by atoms with Gasteiger partial charge in [0, 0.05) is 5.69 Å². The normalized spacial score (nSPS) is 11.8. The Balaban J connectivity index is 2.16. The van der Waals surface area contributed by atoms with E-state index < -0.39 is 0 Å². The number of carbonyl (C=O) groups excluding carboxylic acids is 1. The highest BCUT2D eigenvalue weighted by Crippen LogP contribution is 2.25. The summed E-state index contributed by atoms with van der Waals surface area (Å²) in [6, 6.07) is 15.5. The monoisotopic (exact) mass is 283 g/mol. The van der Waals surface area contributed by atoms with E-state index in [2.05, 4.69) is 5.32 Å². The van der Waals surface area contributed by atoms with E-state index in [9.17, 15) is 4.79 Å². The molecule has 1 atom stereocenters. The van der Waals surface area contributed by atoms with Gasteiger partial charge in [-0.15, -0.1) is 0 Å². The molecule has 2 rings (SSSR count). The Morgan fingerprint density at radius 3 is 2.48 bits per heavy atom. The zero-order chi connectivity index (χ0) is 15.2. The van der Waals surface area contributed by atoms with Crippen LogP contribution in [-0.2, 0) is 4.79 Å². The number of anilines is 1. The highest BCUT2D eigenvalue weighted by atomic mass is 16.5. The molecule has 3 heteroatoms. The third kappa shape index (κ3) is 3.63. The molecule has 0 aliphatic heterocycles. The minimum Gasteiger partial charge on any atom is -0.497 e. The fourth-order valence-electron chi connectivity index (χ4n) is 2.38. The molecular formula is C18H21NO2. The smallest absolute Gasteiger partial charge is 0.231 e. The summed E-state index contributed by atoms with van der Waals surface area (Å²) < 4.78 is 5.18. The van der Waals surface area contributed by atoms with E-state index in [1.54, 1.807) is 7.11 Å². The predicted octanol–water partition coefficient (Wildman–Crippen LogP) is 4.14. The summed E-state index contributed by atoms with van der Waals surface area (Å²) in [5.74, 6) is 0.685. The van der Waals surface area contributed by atoms with Crippen LogP contribution in [0.25, 0.3) is 0 Å². The van der Waals surface area contributed by atoms with E-state index in [1.807, 2.05) is 62.4 Å². The second kappa shape index (κ2) is 6.93. The maximum Gasteiger partial charge on any atom is 0.231 e. The summed E-state index contributed by atoms with van der Waals surface area (Å²) in [7, 11) is 1.63. The standard InChI is InChI=1S/C18H21NO2/c1-4-16(14-8-6-5-7-9-14)18(20)19-17-11-10-15(21-3)12-13(17)2/h5-12,16H,4H2,1-3H3,(H,19,20). The summed E-state index contributed by atoms with van der Waals surface area (Å²) in [4.78, 5) is 12.5. The molecule has 2 aromatic rings. The number of ether oxygens (including phenoxy) is 1. The number of benzene rings is 2. The molecule has 0 saturated heterocycles. The van der Waals surface area contributed by atoms with Gasteiger partial charge in [0.1, 0.15) is 5.75 Å². The third-order valence-electron chi connectivity index (χ3n) is 3.62. The molecule has 1 unspecified atom stereocenters. The maximum absolute atomic E-state index is 12.5. The molecule has 0 bridgehead atoms. The molecule has 0 fully saturated rings. The van der Waals surface area contributed by atoms with E-state index in [1.165, 1.54) is 0 Å². The van der Waals surface area contributed by atoms with Crippen molar-refractivity contribution in [1.82, 2.24) is 0 Å². The number of methoxy groups -OCH3 is 1. The molecule has 0 aliphatic rings. The molecule has 3 nitrogen and oxygen atoms in total. The Hall–Kier alpha value is -2.29. The lowest BCUT2D eigenvalue weighted by atomic mass is 9.95. The molecule has 110 valence electrons. The van der Waals surface area contributed by atoms with Crippen LogP contribution in [0.4, 0.5) is 5.69 Å². The highest BCUT2D eigenvalue weighted by Gasteiger charge is 2.19. The molecule has 0 spiro atoms. The van der Waals surface area contributed by atoms with Crippen molar-refractivity contribution in [3.63, 3.8) is 0 Å². The number of aryl methyl sites for hydroxylation is 1. The van der Waals surface area contributed by atoms with Gasteiger partial charge in [0.2, 0.25) is 5.91 Å². The second-order valence-corrected chi connectivity index (χ2v) is 5.04. The first kappa shape index (κ1) is 15.1. The van der Waals surface area contributed by atoms with Crippen molar-refractivity contribution in [3.05, 3.63) is 59.7 Å². The quantitative estimate of drug-likeness (QED) is 0.895. The van der Waals surface area contributed by atoms with Crippen molar-refractivity contribution in [2.24, 2.45) is 0 Å². The lowest BCUT2D eigenvalue weighted by Crippen LogP contribution is -2.21. The van der Waals surface area contributed by atoms with Crippen molar-refractivity contribution >= 4 is 11.6 Å². The Labute approximate surface area is 126 Å². The van der Waals surface area contributed by atoms with Crippen LogP contribution in [0, 0.1) is 6.92 Å². The lowest BCUT2D eigenvalue weighted by molar-refractivity contribution is -0.117. The zero-order valence-electron chi connectivity index (χ0n) is 12.7. The SMILES string of the molecule is CCC(C(=O)Nc1ccc(OC)cc1C)c1ccccc1. The minimum absolute atomic E-state index is 0.0250. The van der Waals surface area contributed by atoms with Gasteiger partial charge in [0.25, 0.3) is 0 Å². The van der Waals surface area contributed by atoms with Crippen molar-refractivity contribution in [2.45, 2.75) is 26.2 Å². The van der Waals surface area contributed by atoms with Gasteiger partial charge in [-0.2, -0.15) is 0 Å². The van der Waals surface area contributed by atoms with Crippen LogP contribution in [0.15, 0.2) is 48.5 Å². The van der Waals surface area contributed by atoms with Crippen molar-refractivity contribution in [2.75, 3.05) is 12.4 Å². The van der Waals surface area contributed by atoms with Crippen molar-refractivity contribution in [3.8, 4) is 5.75 Å². The largest absolute Gasteiger partial charge is 0.497 e. The van der Waals surface area contributed by atoms with E-state index in [4.69, 9.17) is 4.74 Å². The van der Waals surface area contributed by atoms with Gasteiger partial charge in [-0.1, -0.05) is 37.3 Å². The van der Waals surface area contributed by atoms with Crippen LogP contribution in [0.3, 0.4) is 0 Å². The molecule has 0 aromatic heterocycles. The average Bonchev–Trinajstić information content (AvgIpc) is 2.51. The van der Waals surface area contributed by atoms with Gasteiger partial charge in [0.15, 0.2) is 0 Å². The Bertz CT molecular complexity index is 608. The molecule has 21 heavy (non-hydrogen) atoms. The topological polar surface area (TPSA) is 38.3 Å². The molecule has 2 aromatic carbocycles. The van der Waals surface area contributed by atoms with Gasteiger partial charge in [-0.25, -0.2) is 0 Å². The van der Waals surface area contributed by atoms with Crippen LogP contribution in [0.1, 0.15) is 30.4 Å². The van der Waals surface area contributed by atoms with Gasteiger partial charge < -0.3 is 10.1 Å². The maximum atomic E-state index is 12.5. The van der Waals surface area contributed by atoms with Crippen molar-refractivity contribution < 1.29 is 9.53 Å². The van der Waals surface area contributed by atoms with Gasteiger partial charge in [0.05, 0.1) is 13.0 Å². The second-order valence-electron chi connectivity index (χ2n) is 5.04. The van der Waals surface area contributed by atoms with E-state index in [-0.39, 0.29) is 11.8 Å². The molecule has 1 amide bonds. The number of carbonyl (C=O) groups is 1. The molecule has 0 heterocycles. The van der Waals surface area contributed by atoms with Crippen LogP contribution in [-0.4, -0.2) is 13.0 Å². The Kier molecular flexibility index (Phi) is 4.99. The summed E-state index contributed by atoms with van der Waals surface area (Å²) >= 11 is 0. The summed E-state index contributed by atoms with van der Waals surface area (Å²) in [5, 5.41) is 3.02. The van der Waals surface area contributed by atoms with E-state index >= 15 is 0 Å². The first-order valence-corrected chi connectivity index (χ1v) is 7.16. The number of rotatable bonds is 5. The Morgan fingerprint density at radius 2 is 1.90 bits per heavy atom. The molecule has 0 radical (unpaired) electrons. The number of nitrogens with one attached hydrogen (secondary N) is 1. The average molecular weight is 283 g/mol. The van der Waals surface area contributed by atoms with Crippen LogP contribution >= 0.6 is 0 Å². The molecule has 1 N–H and O–H groups in total. The molecular weight excluding hydrogens is 262 g/mol. The number of hydrogen-bond donors (Lipinski definition) is 1. The number of hydrogen-bond acceptors (Lipinski definition) is 2. The fraction of sp³-hybridized carbons (Fsp3) is 0.278. The third-order valence-corrected chi connectivity index (χ3v) is 3.62. The first-order chi connectivity index (χ1) is 10.2. The number of amides is 1. The van der Waals surface area contributed by atoms with Gasteiger partial charge in [-0.05, 0) is 42.7 Å². The summed E-state index contributed by atoms with van der Waals surface area (Å²) in [6.07, 6.45) is 0.769. The summed E-state index contributed by atoms with van der Waals surface area (Å²) in [5.41, 5.74) is 2.87. The van der Waals surface area contributed by atoms with Crippen LogP contribution < -0.4 is 10.1 Å². The molecule has 0 saturated carbocycles. The highest BCUT2D eigenvalue weighted by molar-refractivity contribution is 5.96. The van der Waals surface area contributed by atoms with Gasteiger partial charge in [-0.3, -0.25) is 4.79 Å².